The van der Waals surface area contributed by atoms with Gasteiger partial charge in [-0.05, 0) is 43.2 Å². The quantitative estimate of drug-likeness (QED) is 0.826. The molecule has 5 heteroatoms. The molecule has 0 atom stereocenters. The predicted octanol–water partition coefficient (Wildman–Crippen LogP) is 3.42. The fraction of sp³-hybridized carbons (Fsp3) is 0.133. The highest BCUT2D eigenvalue weighted by Gasteiger charge is 2.12. The molecule has 2 rings (SSSR count). The molecule has 0 aliphatic heterocycles. The number of rotatable bonds is 2. The maximum absolute atomic E-state index is 13.6. The van der Waals surface area contributed by atoms with Crippen LogP contribution < -0.4 is 11.1 Å². The van der Waals surface area contributed by atoms with E-state index in [4.69, 9.17) is 5.73 Å². The first kappa shape index (κ1) is 14.0. The van der Waals surface area contributed by atoms with Crippen molar-refractivity contribution in [3.8, 4) is 0 Å². The van der Waals surface area contributed by atoms with Gasteiger partial charge in [0.15, 0.2) is 0 Å². The van der Waals surface area contributed by atoms with E-state index in [1.165, 1.54) is 13.0 Å². The third-order valence-electron chi connectivity index (χ3n) is 3.04. The van der Waals surface area contributed by atoms with Crippen molar-refractivity contribution >= 4 is 17.3 Å². The van der Waals surface area contributed by atoms with Crippen molar-refractivity contribution in [1.82, 2.24) is 0 Å². The van der Waals surface area contributed by atoms with Crippen LogP contribution in [0.15, 0.2) is 30.3 Å². The minimum Gasteiger partial charge on any atom is -0.398 e. The fourth-order valence-electron chi connectivity index (χ4n) is 1.72. The number of halogens is 2. The first-order chi connectivity index (χ1) is 9.38. The van der Waals surface area contributed by atoms with Crippen LogP contribution >= 0.6 is 0 Å². The summed E-state index contributed by atoms with van der Waals surface area (Å²) in [5, 5.41) is 2.33. The van der Waals surface area contributed by atoms with Gasteiger partial charge in [0.1, 0.15) is 11.6 Å². The van der Waals surface area contributed by atoms with E-state index in [1.54, 1.807) is 12.1 Å². The minimum absolute atomic E-state index is 0.181. The van der Waals surface area contributed by atoms with Gasteiger partial charge in [0, 0.05) is 17.3 Å². The summed E-state index contributed by atoms with van der Waals surface area (Å²) in [5.41, 5.74) is 7.29. The van der Waals surface area contributed by atoms with Crippen molar-refractivity contribution in [3.63, 3.8) is 0 Å². The summed E-state index contributed by atoms with van der Waals surface area (Å²) in [6.07, 6.45) is 0. The molecule has 20 heavy (non-hydrogen) atoms. The van der Waals surface area contributed by atoms with Crippen LogP contribution in [0, 0.1) is 25.5 Å². The van der Waals surface area contributed by atoms with Gasteiger partial charge < -0.3 is 11.1 Å². The van der Waals surface area contributed by atoms with Crippen LogP contribution in [0.4, 0.5) is 20.2 Å². The molecule has 0 bridgehead atoms. The van der Waals surface area contributed by atoms with Gasteiger partial charge in [-0.25, -0.2) is 8.78 Å². The Morgan fingerprint density at radius 2 is 1.75 bits per heavy atom. The number of nitrogen functional groups attached to an aromatic ring is 1. The number of hydrogen-bond acceptors (Lipinski definition) is 2. The van der Waals surface area contributed by atoms with Gasteiger partial charge in [-0.3, -0.25) is 4.79 Å². The van der Waals surface area contributed by atoms with Crippen molar-refractivity contribution in [3.05, 3.63) is 58.7 Å². The van der Waals surface area contributed by atoms with Gasteiger partial charge in [-0.1, -0.05) is 6.07 Å². The van der Waals surface area contributed by atoms with Crippen LogP contribution in [-0.4, -0.2) is 5.91 Å². The number of carbonyl (C=O) groups excluding carboxylic acids is 1. The summed E-state index contributed by atoms with van der Waals surface area (Å²) in [7, 11) is 0. The number of nitrogens with one attached hydrogen (secondary N) is 1. The molecule has 0 saturated carbocycles. The van der Waals surface area contributed by atoms with E-state index in [1.807, 2.05) is 6.92 Å². The van der Waals surface area contributed by atoms with Gasteiger partial charge >= 0.3 is 0 Å². The second-order valence-corrected chi connectivity index (χ2v) is 4.61. The Bertz CT molecular complexity index is 684. The zero-order valence-electron chi connectivity index (χ0n) is 11.1. The zero-order valence-corrected chi connectivity index (χ0v) is 11.1. The summed E-state index contributed by atoms with van der Waals surface area (Å²) in [6.45, 7) is 3.26. The molecule has 0 radical (unpaired) electrons. The predicted molar refractivity (Wildman–Crippen MR) is 74.6 cm³/mol. The monoisotopic (exact) mass is 276 g/mol. The molecule has 0 spiro atoms. The van der Waals surface area contributed by atoms with Crippen LogP contribution in [0.5, 0.6) is 0 Å². The summed E-state index contributed by atoms with van der Waals surface area (Å²) >= 11 is 0. The number of carbonyl (C=O) groups is 1. The standard InChI is InChI=1S/C15H14F2N2O/c1-8-3-4-10(6-13(8)18)15(20)19-14-7-11(16)9(2)5-12(14)17/h3-7H,18H2,1-2H3,(H,19,20). The molecule has 3 N–H and O–H groups in total. The number of amides is 1. The Labute approximate surface area is 115 Å². The van der Waals surface area contributed by atoms with E-state index in [2.05, 4.69) is 5.32 Å². The van der Waals surface area contributed by atoms with Gasteiger partial charge in [-0.15, -0.1) is 0 Å². The Hall–Kier alpha value is -2.43. The first-order valence-corrected chi connectivity index (χ1v) is 6.01. The SMILES string of the molecule is Cc1ccc(C(=O)Nc2cc(F)c(C)cc2F)cc1N. The third-order valence-corrected chi connectivity index (χ3v) is 3.04. The molecule has 1 amide bonds. The van der Waals surface area contributed by atoms with E-state index in [9.17, 15) is 13.6 Å². The fourth-order valence-corrected chi connectivity index (χ4v) is 1.72. The summed E-state index contributed by atoms with van der Waals surface area (Å²) in [5.74, 6) is -1.80. The van der Waals surface area contributed by atoms with E-state index in [0.29, 0.717) is 5.69 Å². The van der Waals surface area contributed by atoms with Crippen LogP contribution in [-0.2, 0) is 0 Å². The van der Waals surface area contributed by atoms with E-state index in [0.717, 1.165) is 17.7 Å². The molecule has 0 aliphatic carbocycles. The molecule has 2 aromatic rings. The molecule has 0 saturated heterocycles. The highest BCUT2D eigenvalue weighted by atomic mass is 19.1. The topological polar surface area (TPSA) is 55.1 Å². The van der Waals surface area contributed by atoms with Crippen LogP contribution in [0.3, 0.4) is 0 Å². The van der Waals surface area contributed by atoms with Crippen molar-refractivity contribution in [1.29, 1.82) is 0 Å². The minimum atomic E-state index is -0.683. The number of hydrogen-bond donors (Lipinski definition) is 2. The largest absolute Gasteiger partial charge is 0.398 e. The molecule has 0 unspecified atom stereocenters. The number of aryl methyl sites for hydroxylation is 2. The van der Waals surface area contributed by atoms with Crippen LogP contribution in [0.1, 0.15) is 21.5 Å². The summed E-state index contributed by atoms with van der Waals surface area (Å²) in [6, 6.07) is 6.75. The molecule has 0 aromatic heterocycles. The van der Waals surface area contributed by atoms with Gasteiger partial charge in [0.05, 0.1) is 5.69 Å². The third kappa shape index (κ3) is 2.77. The molecule has 0 fully saturated rings. The average molecular weight is 276 g/mol. The molecule has 0 heterocycles. The highest BCUT2D eigenvalue weighted by molar-refractivity contribution is 6.04. The lowest BCUT2D eigenvalue weighted by Crippen LogP contribution is -2.14. The average Bonchev–Trinajstić information content (AvgIpc) is 2.39. The maximum Gasteiger partial charge on any atom is 0.255 e. The smallest absolute Gasteiger partial charge is 0.255 e. The van der Waals surface area contributed by atoms with E-state index in [-0.39, 0.29) is 16.8 Å². The Morgan fingerprint density at radius 3 is 2.40 bits per heavy atom. The maximum atomic E-state index is 13.6. The number of benzene rings is 2. The number of nitrogens with two attached hydrogens (primary N) is 1. The molecule has 0 aliphatic rings. The summed E-state index contributed by atoms with van der Waals surface area (Å²) in [4.78, 5) is 12.0. The number of anilines is 2. The molecule has 2 aromatic carbocycles. The molecular weight excluding hydrogens is 262 g/mol. The normalized spacial score (nSPS) is 10.4. The van der Waals surface area contributed by atoms with Gasteiger partial charge in [-0.2, -0.15) is 0 Å². The summed E-state index contributed by atoms with van der Waals surface area (Å²) < 4.78 is 27.0. The van der Waals surface area contributed by atoms with Crippen molar-refractivity contribution in [2.45, 2.75) is 13.8 Å². The lowest BCUT2D eigenvalue weighted by atomic mass is 10.1. The van der Waals surface area contributed by atoms with E-state index >= 15 is 0 Å². The molecule has 104 valence electrons. The van der Waals surface area contributed by atoms with Gasteiger partial charge in [0.2, 0.25) is 0 Å². The van der Waals surface area contributed by atoms with Crippen molar-refractivity contribution < 1.29 is 13.6 Å². The molecular formula is C15H14F2N2O. The lowest BCUT2D eigenvalue weighted by Gasteiger charge is -2.09. The van der Waals surface area contributed by atoms with Crippen LogP contribution in [0.25, 0.3) is 0 Å². The Kier molecular flexibility index (Phi) is 3.70. The highest BCUT2D eigenvalue weighted by Crippen LogP contribution is 2.20. The van der Waals surface area contributed by atoms with Gasteiger partial charge in [0.25, 0.3) is 5.91 Å². The second-order valence-electron chi connectivity index (χ2n) is 4.61. The molecule has 3 nitrogen and oxygen atoms in total. The van der Waals surface area contributed by atoms with Crippen LogP contribution in [0.2, 0.25) is 0 Å². The lowest BCUT2D eigenvalue weighted by molar-refractivity contribution is 0.102. The Balaban J connectivity index is 2.27. The second kappa shape index (κ2) is 5.28. The van der Waals surface area contributed by atoms with Crippen molar-refractivity contribution in [2.75, 3.05) is 11.1 Å². The van der Waals surface area contributed by atoms with E-state index < -0.39 is 17.5 Å². The Morgan fingerprint density at radius 1 is 1.05 bits per heavy atom. The first-order valence-electron chi connectivity index (χ1n) is 6.01. The van der Waals surface area contributed by atoms with Crippen molar-refractivity contribution in [2.24, 2.45) is 0 Å². The zero-order chi connectivity index (χ0) is 14.9.